The lowest BCUT2D eigenvalue weighted by molar-refractivity contribution is 1.13. The topological polar surface area (TPSA) is 55.0 Å². The highest BCUT2D eigenvalue weighted by Crippen LogP contribution is 2.34. The average Bonchev–Trinajstić information content (AvgIpc) is 2.23. The van der Waals surface area contributed by atoms with Gasteiger partial charge in [-0.25, -0.2) is 9.97 Å². The molecule has 0 saturated carbocycles. The van der Waals surface area contributed by atoms with E-state index in [0.29, 0.717) is 11.2 Å². The standard InChI is InChI=1S/C10H10BrClN4/c1-16(2)7-3-6(11)8(13)9-5(7)4-14-10(12)15-9/h3-4H,13H2,1-2H3. The fraction of sp³-hybridized carbons (Fsp3) is 0.200. The molecule has 0 atom stereocenters. The molecule has 0 bridgehead atoms. The largest absolute Gasteiger partial charge is 0.396 e. The van der Waals surface area contributed by atoms with Gasteiger partial charge in [0.25, 0.3) is 0 Å². The summed E-state index contributed by atoms with van der Waals surface area (Å²) in [5, 5.41) is 1.08. The Morgan fingerprint density at radius 2 is 2.12 bits per heavy atom. The zero-order valence-electron chi connectivity index (χ0n) is 8.83. The van der Waals surface area contributed by atoms with Crippen molar-refractivity contribution in [3.8, 4) is 0 Å². The Bertz CT molecular complexity index is 556. The van der Waals surface area contributed by atoms with Crippen LogP contribution in [0.25, 0.3) is 10.9 Å². The molecule has 16 heavy (non-hydrogen) atoms. The second-order valence-corrected chi connectivity index (χ2v) is 4.78. The van der Waals surface area contributed by atoms with E-state index in [-0.39, 0.29) is 5.28 Å². The number of aromatic nitrogens is 2. The molecule has 0 fully saturated rings. The number of rotatable bonds is 1. The summed E-state index contributed by atoms with van der Waals surface area (Å²) in [5.41, 5.74) is 8.17. The van der Waals surface area contributed by atoms with Crippen molar-refractivity contribution >= 4 is 49.8 Å². The molecule has 1 aromatic carbocycles. The zero-order valence-corrected chi connectivity index (χ0v) is 11.2. The normalized spacial score (nSPS) is 10.8. The molecule has 0 aliphatic heterocycles. The molecule has 0 aliphatic rings. The summed E-state index contributed by atoms with van der Waals surface area (Å²) >= 11 is 9.17. The van der Waals surface area contributed by atoms with Gasteiger partial charge in [-0.2, -0.15) is 0 Å². The van der Waals surface area contributed by atoms with Gasteiger partial charge >= 0.3 is 0 Å². The van der Waals surface area contributed by atoms with Crippen LogP contribution in [0.3, 0.4) is 0 Å². The summed E-state index contributed by atoms with van der Waals surface area (Å²) in [6.45, 7) is 0. The molecule has 0 spiro atoms. The molecular weight excluding hydrogens is 291 g/mol. The summed E-state index contributed by atoms with van der Waals surface area (Å²) in [6, 6.07) is 1.94. The molecule has 84 valence electrons. The highest BCUT2D eigenvalue weighted by molar-refractivity contribution is 9.10. The molecule has 2 N–H and O–H groups in total. The van der Waals surface area contributed by atoms with Crippen LogP contribution in [0.4, 0.5) is 11.4 Å². The van der Waals surface area contributed by atoms with Crippen LogP contribution in [-0.4, -0.2) is 24.1 Å². The first-order valence-corrected chi connectivity index (χ1v) is 5.75. The lowest BCUT2D eigenvalue weighted by Gasteiger charge is -2.16. The molecule has 2 rings (SSSR count). The van der Waals surface area contributed by atoms with Gasteiger partial charge in [-0.3, -0.25) is 0 Å². The van der Waals surface area contributed by atoms with Crippen LogP contribution in [0.2, 0.25) is 5.28 Å². The van der Waals surface area contributed by atoms with E-state index < -0.39 is 0 Å². The number of nitrogens with zero attached hydrogens (tertiary/aromatic N) is 3. The van der Waals surface area contributed by atoms with E-state index in [9.17, 15) is 0 Å². The minimum Gasteiger partial charge on any atom is -0.396 e. The molecule has 1 aromatic heterocycles. The third kappa shape index (κ3) is 1.81. The van der Waals surface area contributed by atoms with Crippen molar-refractivity contribution < 1.29 is 0 Å². The molecular formula is C10H10BrClN4. The molecule has 0 unspecified atom stereocenters. The van der Waals surface area contributed by atoms with Crippen molar-refractivity contribution in [3.63, 3.8) is 0 Å². The lowest BCUT2D eigenvalue weighted by Crippen LogP contribution is -2.10. The van der Waals surface area contributed by atoms with Crippen molar-refractivity contribution in [3.05, 3.63) is 22.0 Å². The van der Waals surface area contributed by atoms with E-state index in [1.54, 1.807) is 6.20 Å². The fourth-order valence-electron chi connectivity index (χ4n) is 1.51. The van der Waals surface area contributed by atoms with E-state index in [0.717, 1.165) is 15.5 Å². The van der Waals surface area contributed by atoms with Crippen LogP contribution >= 0.6 is 27.5 Å². The second kappa shape index (κ2) is 4.07. The predicted octanol–water partition coefficient (Wildman–Crippen LogP) is 2.69. The number of anilines is 2. The van der Waals surface area contributed by atoms with E-state index in [1.807, 2.05) is 25.1 Å². The number of fused-ring (bicyclic) bond motifs is 1. The molecule has 4 nitrogen and oxygen atoms in total. The van der Waals surface area contributed by atoms with Gasteiger partial charge in [0, 0.05) is 35.8 Å². The fourth-order valence-corrected chi connectivity index (χ4v) is 2.05. The van der Waals surface area contributed by atoms with Crippen LogP contribution in [0.5, 0.6) is 0 Å². The Kier molecular flexibility index (Phi) is 2.90. The summed E-state index contributed by atoms with van der Waals surface area (Å²) in [4.78, 5) is 10.1. The molecule has 0 amide bonds. The first-order chi connectivity index (χ1) is 7.50. The number of hydrogen-bond acceptors (Lipinski definition) is 4. The number of nitrogens with two attached hydrogens (primary N) is 1. The van der Waals surface area contributed by atoms with Crippen molar-refractivity contribution in [2.24, 2.45) is 0 Å². The van der Waals surface area contributed by atoms with Gasteiger partial charge in [0.05, 0.1) is 5.69 Å². The van der Waals surface area contributed by atoms with Crippen molar-refractivity contribution in [2.45, 2.75) is 0 Å². The Hall–Kier alpha value is -1.07. The SMILES string of the molecule is CN(C)c1cc(Br)c(N)c2nc(Cl)ncc12. The van der Waals surface area contributed by atoms with Crippen molar-refractivity contribution in [1.82, 2.24) is 9.97 Å². The molecule has 0 aliphatic carbocycles. The Balaban J connectivity index is 2.89. The Morgan fingerprint density at radius 1 is 1.44 bits per heavy atom. The second-order valence-electron chi connectivity index (χ2n) is 3.59. The van der Waals surface area contributed by atoms with Crippen LogP contribution in [0.1, 0.15) is 0 Å². The van der Waals surface area contributed by atoms with E-state index in [1.165, 1.54) is 0 Å². The maximum absolute atomic E-state index is 5.94. The third-order valence-corrected chi connectivity index (χ3v) is 3.13. The molecule has 0 saturated heterocycles. The monoisotopic (exact) mass is 300 g/mol. The maximum atomic E-state index is 5.94. The van der Waals surface area contributed by atoms with Crippen LogP contribution in [0, 0.1) is 0 Å². The highest BCUT2D eigenvalue weighted by atomic mass is 79.9. The van der Waals surface area contributed by atoms with Gasteiger partial charge in [-0.1, -0.05) is 0 Å². The summed E-state index contributed by atoms with van der Waals surface area (Å²) in [6.07, 6.45) is 1.68. The predicted molar refractivity (Wildman–Crippen MR) is 71.0 cm³/mol. The average molecular weight is 302 g/mol. The molecule has 1 heterocycles. The number of halogens is 2. The molecule has 6 heteroatoms. The third-order valence-electron chi connectivity index (χ3n) is 2.29. The van der Waals surface area contributed by atoms with Gasteiger partial charge in [-0.05, 0) is 33.6 Å². The van der Waals surface area contributed by atoms with E-state index >= 15 is 0 Å². The van der Waals surface area contributed by atoms with Gasteiger partial charge in [0.15, 0.2) is 0 Å². The Labute approximate surface area is 107 Å². The van der Waals surface area contributed by atoms with E-state index in [4.69, 9.17) is 17.3 Å². The van der Waals surface area contributed by atoms with Crippen molar-refractivity contribution in [2.75, 3.05) is 24.7 Å². The first kappa shape index (κ1) is 11.4. The van der Waals surface area contributed by atoms with Gasteiger partial charge in [0.2, 0.25) is 5.28 Å². The van der Waals surface area contributed by atoms with Gasteiger partial charge in [0.1, 0.15) is 5.52 Å². The lowest BCUT2D eigenvalue weighted by atomic mass is 10.1. The van der Waals surface area contributed by atoms with Crippen LogP contribution in [0.15, 0.2) is 16.7 Å². The quantitative estimate of drug-likeness (QED) is 0.650. The van der Waals surface area contributed by atoms with Crippen LogP contribution in [-0.2, 0) is 0 Å². The molecule has 2 aromatic rings. The Morgan fingerprint density at radius 3 is 2.75 bits per heavy atom. The number of hydrogen-bond donors (Lipinski definition) is 1. The first-order valence-electron chi connectivity index (χ1n) is 4.58. The maximum Gasteiger partial charge on any atom is 0.222 e. The smallest absolute Gasteiger partial charge is 0.222 e. The summed E-state index contributed by atoms with van der Waals surface area (Å²) < 4.78 is 0.804. The summed E-state index contributed by atoms with van der Waals surface area (Å²) in [7, 11) is 3.90. The number of nitrogen functional groups attached to an aromatic ring is 1. The van der Waals surface area contributed by atoms with Gasteiger partial charge in [-0.15, -0.1) is 0 Å². The highest BCUT2D eigenvalue weighted by Gasteiger charge is 2.12. The minimum absolute atomic E-state index is 0.196. The zero-order chi connectivity index (χ0) is 11.9. The van der Waals surface area contributed by atoms with Crippen molar-refractivity contribution in [1.29, 1.82) is 0 Å². The number of benzene rings is 1. The van der Waals surface area contributed by atoms with Crippen LogP contribution < -0.4 is 10.6 Å². The summed E-state index contributed by atoms with van der Waals surface area (Å²) in [5.74, 6) is 0. The van der Waals surface area contributed by atoms with Gasteiger partial charge < -0.3 is 10.6 Å². The minimum atomic E-state index is 0.196. The van der Waals surface area contributed by atoms with E-state index in [2.05, 4.69) is 25.9 Å². The molecule has 0 radical (unpaired) electrons.